The lowest BCUT2D eigenvalue weighted by molar-refractivity contribution is 0.102. The predicted molar refractivity (Wildman–Crippen MR) is 115 cm³/mol. The summed E-state index contributed by atoms with van der Waals surface area (Å²) in [6.07, 6.45) is 0. The van der Waals surface area contributed by atoms with Crippen LogP contribution in [0.4, 0.5) is 10.1 Å². The molecule has 0 spiro atoms. The molecule has 1 amide bonds. The van der Waals surface area contributed by atoms with Crippen LogP contribution in [0.5, 0.6) is 17.5 Å². The summed E-state index contributed by atoms with van der Waals surface area (Å²) in [5.74, 6) is -0.867. The molecule has 8 nitrogen and oxygen atoms in total. The lowest BCUT2D eigenvalue weighted by atomic mass is 10.1. The van der Waals surface area contributed by atoms with Gasteiger partial charge in [-0.3, -0.25) is 4.79 Å². The summed E-state index contributed by atoms with van der Waals surface area (Å²) in [5, 5.41) is 3.18. The van der Waals surface area contributed by atoms with Gasteiger partial charge in [-0.1, -0.05) is 24.3 Å². The zero-order chi connectivity index (χ0) is 22.8. The summed E-state index contributed by atoms with van der Waals surface area (Å²) < 4.78 is 29.7. The minimum absolute atomic E-state index is 0.0210. The maximum absolute atomic E-state index is 13.8. The number of nitrogens with zero attached hydrogens (tertiary/aromatic N) is 2. The largest absolute Gasteiger partial charge is 0.493 e. The van der Waals surface area contributed by atoms with Crippen molar-refractivity contribution < 1.29 is 23.1 Å². The molecule has 1 N–H and O–H groups in total. The highest BCUT2D eigenvalue weighted by atomic mass is 19.1. The highest BCUT2D eigenvalue weighted by Crippen LogP contribution is 2.27. The molecule has 2 aromatic heterocycles. The van der Waals surface area contributed by atoms with E-state index in [1.54, 1.807) is 38.1 Å². The number of amides is 1. The smallest absolute Gasteiger partial charge is 0.349 e. The molecule has 162 valence electrons. The molecule has 9 heteroatoms. The van der Waals surface area contributed by atoms with E-state index in [9.17, 15) is 14.0 Å². The molecule has 4 rings (SSSR count). The number of aromatic nitrogens is 2. The van der Waals surface area contributed by atoms with Crippen LogP contribution in [0.3, 0.4) is 0 Å². The topological polar surface area (TPSA) is 104 Å². The molecule has 32 heavy (non-hydrogen) atoms. The van der Waals surface area contributed by atoms with Gasteiger partial charge in [0.15, 0.2) is 22.9 Å². The molecule has 0 bridgehead atoms. The Morgan fingerprint density at radius 1 is 1.03 bits per heavy atom. The Bertz CT molecular complexity index is 1380. The third-order valence-electron chi connectivity index (χ3n) is 4.72. The van der Waals surface area contributed by atoms with Gasteiger partial charge in [0.2, 0.25) is 0 Å². The fourth-order valence-electron chi connectivity index (χ4n) is 3.16. The van der Waals surface area contributed by atoms with Crippen molar-refractivity contribution in [1.82, 2.24) is 9.97 Å². The summed E-state index contributed by atoms with van der Waals surface area (Å²) in [5.41, 5.74) is 0.322. The second-order valence-corrected chi connectivity index (χ2v) is 6.86. The molecular formula is C23H18FN3O5. The van der Waals surface area contributed by atoms with Crippen LogP contribution in [0.2, 0.25) is 0 Å². The number of aryl methyl sites for hydroxylation is 2. The predicted octanol–water partition coefficient (Wildman–Crippen LogP) is 4.39. The van der Waals surface area contributed by atoms with E-state index in [0.717, 1.165) is 0 Å². The number of ether oxygens (including phenoxy) is 2. The van der Waals surface area contributed by atoms with Gasteiger partial charge >= 0.3 is 11.6 Å². The van der Waals surface area contributed by atoms with Crippen LogP contribution in [-0.4, -0.2) is 23.0 Å². The number of carbonyl (C=O) groups is 1. The summed E-state index contributed by atoms with van der Waals surface area (Å²) in [7, 11) is 1.46. The zero-order valence-electron chi connectivity index (χ0n) is 17.4. The number of methoxy groups -OCH3 is 1. The van der Waals surface area contributed by atoms with Crippen molar-refractivity contribution >= 4 is 22.6 Å². The number of rotatable bonds is 5. The van der Waals surface area contributed by atoms with Crippen molar-refractivity contribution in [2.75, 3.05) is 12.4 Å². The van der Waals surface area contributed by atoms with E-state index in [-0.39, 0.29) is 22.9 Å². The monoisotopic (exact) mass is 435 g/mol. The summed E-state index contributed by atoms with van der Waals surface area (Å²) >= 11 is 0. The maximum atomic E-state index is 13.8. The third-order valence-corrected chi connectivity index (χ3v) is 4.72. The molecular weight excluding hydrogens is 417 g/mol. The van der Waals surface area contributed by atoms with Crippen molar-refractivity contribution in [2.24, 2.45) is 0 Å². The van der Waals surface area contributed by atoms with Crippen LogP contribution in [0.15, 0.2) is 57.7 Å². The van der Waals surface area contributed by atoms with E-state index in [4.69, 9.17) is 13.9 Å². The van der Waals surface area contributed by atoms with Gasteiger partial charge in [-0.25, -0.2) is 9.18 Å². The van der Waals surface area contributed by atoms with Crippen LogP contribution in [0.25, 0.3) is 11.0 Å². The van der Waals surface area contributed by atoms with Crippen molar-refractivity contribution in [1.29, 1.82) is 0 Å². The first-order valence-electron chi connectivity index (χ1n) is 9.57. The van der Waals surface area contributed by atoms with Crippen LogP contribution >= 0.6 is 0 Å². The molecule has 4 aromatic rings. The molecule has 0 fully saturated rings. The Morgan fingerprint density at radius 3 is 2.41 bits per heavy atom. The van der Waals surface area contributed by atoms with E-state index in [1.165, 1.54) is 31.4 Å². The number of para-hydroxylation sites is 2. The van der Waals surface area contributed by atoms with Crippen molar-refractivity contribution in [2.45, 2.75) is 13.8 Å². The Labute approximate surface area is 181 Å². The van der Waals surface area contributed by atoms with E-state index in [1.807, 2.05) is 0 Å². The molecule has 2 aromatic carbocycles. The first kappa shape index (κ1) is 21.0. The lowest BCUT2D eigenvalue weighted by Gasteiger charge is -2.12. The zero-order valence-corrected chi connectivity index (χ0v) is 17.4. The van der Waals surface area contributed by atoms with Crippen molar-refractivity contribution in [3.05, 3.63) is 81.7 Å². The molecule has 0 radical (unpaired) electrons. The van der Waals surface area contributed by atoms with Gasteiger partial charge in [0, 0.05) is 5.39 Å². The standard InChI is InChI=1S/C23H18FN3O5/c1-12-19(13(2)26-23(25-12)31-17-9-5-4-8-16(17)24)27-21(28)15-11-14-7-6-10-18(30-3)20(14)32-22(15)29/h4-11H,1-3H3,(H,27,28). The number of carbonyl (C=O) groups excluding carboxylic acids is 1. The molecule has 0 aliphatic carbocycles. The fraction of sp³-hybridized carbons (Fsp3) is 0.130. The second-order valence-electron chi connectivity index (χ2n) is 6.86. The lowest BCUT2D eigenvalue weighted by Crippen LogP contribution is -2.22. The number of hydrogen-bond acceptors (Lipinski definition) is 7. The normalized spacial score (nSPS) is 10.8. The van der Waals surface area contributed by atoms with Crippen LogP contribution in [0, 0.1) is 19.7 Å². The SMILES string of the molecule is COc1cccc2cc(C(=O)Nc3c(C)nc(Oc4ccccc4F)nc3C)c(=O)oc12. The summed E-state index contributed by atoms with van der Waals surface area (Å²) in [6, 6.07) is 12.3. The molecule has 0 atom stereocenters. The molecule has 2 heterocycles. The van der Waals surface area contributed by atoms with Crippen LogP contribution in [-0.2, 0) is 0 Å². The number of hydrogen-bond donors (Lipinski definition) is 1. The first-order chi connectivity index (χ1) is 15.4. The van der Waals surface area contributed by atoms with Crippen LogP contribution < -0.4 is 20.4 Å². The van der Waals surface area contributed by atoms with Gasteiger partial charge in [-0.15, -0.1) is 0 Å². The summed E-state index contributed by atoms with van der Waals surface area (Å²) in [6.45, 7) is 3.26. The van der Waals surface area contributed by atoms with E-state index < -0.39 is 17.3 Å². The highest BCUT2D eigenvalue weighted by molar-refractivity contribution is 6.06. The van der Waals surface area contributed by atoms with Gasteiger partial charge in [0.05, 0.1) is 24.2 Å². The minimum atomic E-state index is -0.810. The average molecular weight is 435 g/mol. The van der Waals surface area contributed by atoms with E-state index >= 15 is 0 Å². The fourth-order valence-corrected chi connectivity index (χ4v) is 3.16. The number of anilines is 1. The number of nitrogens with one attached hydrogen (secondary N) is 1. The minimum Gasteiger partial charge on any atom is -0.493 e. The molecule has 0 saturated heterocycles. The highest BCUT2D eigenvalue weighted by Gasteiger charge is 2.19. The van der Waals surface area contributed by atoms with Gasteiger partial charge in [-0.2, -0.15) is 9.97 Å². The van der Waals surface area contributed by atoms with Gasteiger partial charge in [-0.05, 0) is 38.1 Å². The molecule has 0 aliphatic heterocycles. The van der Waals surface area contributed by atoms with Crippen molar-refractivity contribution in [3.8, 4) is 17.5 Å². The average Bonchev–Trinajstić information content (AvgIpc) is 2.77. The quantitative estimate of drug-likeness (QED) is 0.464. The maximum Gasteiger partial charge on any atom is 0.349 e. The Hall–Kier alpha value is -4.27. The Morgan fingerprint density at radius 2 is 1.72 bits per heavy atom. The number of fused-ring (bicyclic) bond motifs is 1. The third kappa shape index (κ3) is 4.00. The Balaban J connectivity index is 1.63. The first-order valence-corrected chi connectivity index (χ1v) is 9.57. The van der Waals surface area contributed by atoms with E-state index in [2.05, 4.69) is 15.3 Å². The molecule has 0 unspecified atom stereocenters. The number of halogens is 1. The van der Waals surface area contributed by atoms with Crippen LogP contribution in [0.1, 0.15) is 21.7 Å². The molecule has 0 aliphatic rings. The second kappa shape index (κ2) is 8.46. The Kier molecular flexibility index (Phi) is 5.55. The van der Waals surface area contributed by atoms with E-state index in [0.29, 0.717) is 28.2 Å². The summed E-state index contributed by atoms with van der Waals surface area (Å²) in [4.78, 5) is 33.6. The van der Waals surface area contributed by atoms with Crippen molar-refractivity contribution in [3.63, 3.8) is 0 Å². The van der Waals surface area contributed by atoms with Gasteiger partial charge in [0.1, 0.15) is 5.56 Å². The molecule has 0 saturated carbocycles. The number of benzene rings is 2. The van der Waals surface area contributed by atoms with Gasteiger partial charge < -0.3 is 19.2 Å². The van der Waals surface area contributed by atoms with Gasteiger partial charge in [0.25, 0.3) is 5.91 Å².